The molecule has 0 saturated carbocycles. The molecule has 35 heavy (non-hydrogen) atoms. The Morgan fingerprint density at radius 1 is 0.971 bits per heavy atom. The Labute approximate surface area is 222 Å². The van der Waals surface area contributed by atoms with Crippen molar-refractivity contribution in [3.8, 4) is 17.1 Å². The first kappa shape index (κ1) is 25.3. The van der Waals surface area contributed by atoms with Crippen molar-refractivity contribution in [3.63, 3.8) is 0 Å². The Morgan fingerprint density at radius 2 is 1.66 bits per heavy atom. The molecule has 0 spiro atoms. The van der Waals surface area contributed by atoms with Gasteiger partial charge in [0, 0.05) is 26.9 Å². The fourth-order valence-electron chi connectivity index (χ4n) is 3.23. The topological polar surface area (TPSA) is 72.2 Å². The number of thioether (sulfide) groups is 1. The number of nitrogens with one attached hydrogen (secondary N) is 1. The third-order valence-electron chi connectivity index (χ3n) is 5.03. The molecule has 178 valence electrons. The summed E-state index contributed by atoms with van der Waals surface area (Å²) >= 11 is 19.5. The highest BCUT2D eigenvalue weighted by atomic mass is 35.5. The summed E-state index contributed by atoms with van der Waals surface area (Å²) in [5.41, 5.74) is 6.72. The molecule has 1 aromatic heterocycles. The molecule has 10 heteroatoms. The monoisotopic (exact) mass is 543 g/mol. The van der Waals surface area contributed by atoms with Crippen LogP contribution in [0, 0.1) is 6.92 Å². The van der Waals surface area contributed by atoms with E-state index in [9.17, 15) is 4.79 Å². The van der Waals surface area contributed by atoms with E-state index in [1.165, 1.54) is 11.8 Å². The molecule has 0 unspecified atom stereocenters. The van der Waals surface area contributed by atoms with Gasteiger partial charge in [0.15, 0.2) is 11.0 Å². The van der Waals surface area contributed by atoms with E-state index in [1.807, 2.05) is 47.9 Å². The molecule has 0 aliphatic heterocycles. The smallest absolute Gasteiger partial charge is 0.250 e. The van der Waals surface area contributed by atoms with Crippen LogP contribution in [0.15, 0.2) is 77.0 Å². The number of hydrogen-bond donors (Lipinski definition) is 1. The summed E-state index contributed by atoms with van der Waals surface area (Å²) < 4.78 is 1.90. The minimum Gasteiger partial charge on any atom is -0.272 e. The Morgan fingerprint density at radius 3 is 2.34 bits per heavy atom. The number of halogens is 3. The first-order valence-electron chi connectivity index (χ1n) is 10.5. The average molecular weight is 545 g/mol. The van der Waals surface area contributed by atoms with E-state index in [2.05, 4.69) is 20.7 Å². The first-order chi connectivity index (χ1) is 16.8. The Kier molecular flexibility index (Phi) is 8.13. The molecule has 3 aromatic carbocycles. The van der Waals surface area contributed by atoms with Crippen LogP contribution in [0.4, 0.5) is 0 Å². The van der Waals surface area contributed by atoms with Crippen LogP contribution in [0.5, 0.6) is 0 Å². The van der Waals surface area contributed by atoms with Crippen LogP contribution in [0.2, 0.25) is 15.1 Å². The van der Waals surface area contributed by atoms with Crippen LogP contribution in [-0.4, -0.2) is 32.1 Å². The molecule has 0 bridgehead atoms. The van der Waals surface area contributed by atoms with Gasteiger partial charge in [0.1, 0.15) is 0 Å². The van der Waals surface area contributed by atoms with Gasteiger partial charge in [0.25, 0.3) is 5.91 Å². The number of carbonyl (C=O) groups is 1. The van der Waals surface area contributed by atoms with Crippen LogP contribution in [0.1, 0.15) is 18.1 Å². The van der Waals surface area contributed by atoms with E-state index >= 15 is 0 Å². The maximum atomic E-state index is 12.5. The SMILES string of the molecule is C/C(=N/NC(=O)CSc1nnc(-c2ccc(C)cc2)n1-c1ccc(Cl)cc1)c1ccc(Cl)cc1Cl. The second-order valence-corrected chi connectivity index (χ2v) is 9.85. The number of aryl methyl sites for hydroxylation is 1. The number of aromatic nitrogens is 3. The van der Waals surface area contributed by atoms with Gasteiger partial charge in [-0.25, -0.2) is 5.43 Å². The highest BCUT2D eigenvalue weighted by molar-refractivity contribution is 7.99. The van der Waals surface area contributed by atoms with Gasteiger partial charge < -0.3 is 0 Å². The van der Waals surface area contributed by atoms with Crippen LogP contribution in [0.3, 0.4) is 0 Å². The molecule has 0 radical (unpaired) electrons. The van der Waals surface area contributed by atoms with Gasteiger partial charge in [0.05, 0.1) is 16.5 Å². The highest BCUT2D eigenvalue weighted by Crippen LogP contribution is 2.29. The summed E-state index contributed by atoms with van der Waals surface area (Å²) in [5, 5.41) is 15.1. The van der Waals surface area contributed by atoms with E-state index in [-0.39, 0.29) is 11.7 Å². The summed E-state index contributed by atoms with van der Waals surface area (Å²) in [7, 11) is 0. The van der Waals surface area contributed by atoms with E-state index in [4.69, 9.17) is 34.8 Å². The quantitative estimate of drug-likeness (QED) is 0.157. The van der Waals surface area contributed by atoms with Crippen molar-refractivity contribution in [2.45, 2.75) is 19.0 Å². The number of benzene rings is 3. The standard InChI is InChI=1S/C25H20Cl3N5OS/c1-15-3-5-17(6-4-15)24-31-32-25(33(24)20-10-7-18(26)8-11-20)35-14-23(34)30-29-16(2)21-12-9-19(27)13-22(21)28/h3-13H,14H2,1-2H3,(H,30,34)/b29-16-. The van der Waals surface area contributed by atoms with Gasteiger partial charge in [-0.2, -0.15) is 5.10 Å². The molecule has 0 aliphatic rings. The molecule has 1 N–H and O–H groups in total. The molecule has 4 aromatic rings. The third-order valence-corrected chi connectivity index (χ3v) is 6.76. The number of carbonyl (C=O) groups excluding carboxylic acids is 1. The number of nitrogens with zero attached hydrogens (tertiary/aromatic N) is 4. The van der Waals surface area contributed by atoms with Gasteiger partial charge in [0.2, 0.25) is 0 Å². The summed E-state index contributed by atoms with van der Waals surface area (Å²) in [6, 6.07) is 20.5. The van der Waals surface area contributed by atoms with Crippen LogP contribution in [0.25, 0.3) is 17.1 Å². The first-order valence-corrected chi connectivity index (χ1v) is 12.6. The summed E-state index contributed by atoms with van der Waals surface area (Å²) in [4.78, 5) is 12.5. The second kappa shape index (κ2) is 11.3. The zero-order chi connectivity index (χ0) is 24.9. The lowest BCUT2D eigenvalue weighted by atomic mass is 10.1. The predicted octanol–water partition coefficient (Wildman–Crippen LogP) is 6.84. The lowest BCUT2D eigenvalue weighted by Gasteiger charge is -2.11. The van der Waals surface area contributed by atoms with Crippen molar-refractivity contribution in [1.82, 2.24) is 20.2 Å². The van der Waals surface area contributed by atoms with Gasteiger partial charge in [-0.1, -0.05) is 82.5 Å². The molecule has 0 saturated heterocycles. The van der Waals surface area contributed by atoms with Crippen LogP contribution >= 0.6 is 46.6 Å². The zero-order valence-electron chi connectivity index (χ0n) is 18.8. The normalized spacial score (nSPS) is 11.5. The fraction of sp³-hybridized carbons (Fsp3) is 0.120. The largest absolute Gasteiger partial charge is 0.272 e. The molecule has 1 amide bonds. The number of hydrogen-bond acceptors (Lipinski definition) is 5. The minimum absolute atomic E-state index is 0.0880. The average Bonchev–Trinajstić information content (AvgIpc) is 3.26. The minimum atomic E-state index is -0.290. The third kappa shape index (κ3) is 6.24. The molecule has 6 nitrogen and oxygen atoms in total. The summed E-state index contributed by atoms with van der Waals surface area (Å²) in [6.07, 6.45) is 0. The van der Waals surface area contributed by atoms with Crippen molar-refractivity contribution in [2.75, 3.05) is 5.75 Å². The van der Waals surface area contributed by atoms with E-state index in [0.29, 0.717) is 37.3 Å². The maximum absolute atomic E-state index is 12.5. The molecule has 0 fully saturated rings. The van der Waals surface area contributed by atoms with Crippen LogP contribution < -0.4 is 5.43 Å². The number of hydrazone groups is 1. The van der Waals surface area contributed by atoms with E-state index < -0.39 is 0 Å². The molecule has 0 atom stereocenters. The summed E-state index contributed by atoms with van der Waals surface area (Å²) in [6.45, 7) is 3.78. The maximum Gasteiger partial charge on any atom is 0.250 e. The second-order valence-electron chi connectivity index (χ2n) is 7.63. The zero-order valence-corrected chi connectivity index (χ0v) is 21.9. The lowest BCUT2D eigenvalue weighted by Crippen LogP contribution is -2.21. The van der Waals surface area contributed by atoms with Crippen LogP contribution in [-0.2, 0) is 4.79 Å². The van der Waals surface area contributed by atoms with E-state index in [0.717, 1.165) is 16.8 Å². The highest BCUT2D eigenvalue weighted by Gasteiger charge is 2.17. The van der Waals surface area contributed by atoms with Crippen molar-refractivity contribution >= 4 is 58.2 Å². The van der Waals surface area contributed by atoms with Gasteiger partial charge in [-0.05, 0) is 50.2 Å². The van der Waals surface area contributed by atoms with Gasteiger partial charge in [-0.15, -0.1) is 10.2 Å². The van der Waals surface area contributed by atoms with Gasteiger partial charge in [-0.3, -0.25) is 9.36 Å². The molecule has 4 rings (SSSR count). The van der Waals surface area contributed by atoms with Crippen molar-refractivity contribution in [1.29, 1.82) is 0 Å². The predicted molar refractivity (Wildman–Crippen MR) is 144 cm³/mol. The number of rotatable bonds is 7. The lowest BCUT2D eigenvalue weighted by molar-refractivity contribution is -0.118. The van der Waals surface area contributed by atoms with Crippen molar-refractivity contribution < 1.29 is 4.79 Å². The summed E-state index contributed by atoms with van der Waals surface area (Å²) in [5.74, 6) is 0.466. The molecular weight excluding hydrogens is 525 g/mol. The Balaban J connectivity index is 1.53. The number of amides is 1. The fourth-order valence-corrected chi connectivity index (χ4v) is 4.64. The van der Waals surface area contributed by atoms with Crippen molar-refractivity contribution in [3.05, 3.63) is 92.9 Å². The Bertz CT molecular complexity index is 1390. The van der Waals surface area contributed by atoms with Gasteiger partial charge >= 0.3 is 0 Å². The molecule has 1 heterocycles. The van der Waals surface area contributed by atoms with Crippen molar-refractivity contribution in [2.24, 2.45) is 5.10 Å². The molecule has 0 aliphatic carbocycles. The Hall–Kier alpha value is -2.84. The van der Waals surface area contributed by atoms with E-state index in [1.54, 1.807) is 37.3 Å². The molecular formula is C25H20Cl3N5OS.